The van der Waals surface area contributed by atoms with Gasteiger partial charge in [0.2, 0.25) is 6.41 Å². The van der Waals surface area contributed by atoms with Gasteiger partial charge in [0, 0.05) is 5.69 Å². The van der Waals surface area contributed by atoms with Gasteiger partial charge >= 0.3 is 12.4 Å². The van der Waals surface area contributed by atoms with E-state index in [1.807, 2.05) is 0 Å². The van der Waals surface area contributed by atoms with Crippen LogP contribution in [0.2, 0.25) is 0 Å². The van der Waals surface area contributed by atoms with Crippen LogP contribution in [0.1, 0.15) is 5.56 Å². The van der Waals surface area contributed by atoms with E-state index in [4.69, 9.17) is 0 Å². The zero-order valence-electron chi connectivity index (χ0n) is 8.72. The van der Waals surface area contributed by atoms with Gasteiger partial charge in [-0.05, 0) is 18.2 Å². The lowest BCUT2D eigenvalue weighted by Crippen LogP contribution is -2.33. The highest BCUT2D eigenvalue weighted by Crippen LogP contribution is 2.32. The summed E-state index contributed by atoms with van der Waals surface area (Å²) in [6.45, 7) is -1.64. The van der Waals surface area contributed by atoms with Gasteiger partial charge in [0.1, 0.15) is 6.54 Å². The quantitative estimate of drug-likeness (QED) is 0.610. The second-order valence-electron chi connectivity index (χ2n) is 3.40. The molecule has 18 heavy (non-hydrogen) atoms. The molecule has 0 radical (unpaired) electrons. The molecule has 0 fully saturated rings. The Bertz CT molecular complexity index is 425. The molecule has 0 unspecified atom stereocenters. The van der Waals surface area contributed by atoms with Crippen molar-refractivity contribution in [1.29, 1.82) is 0 Å². The monoisotopic (exact) mass is 271 g/mol. The van der Waals surface area contributed by atoms with Gasteiger partial charge in [0.25, 0.3) is 0 Å². The standard InChI is InChI=1S/C10H7F6NO/c11-9(12,13)5-17(6-18)8-3-1-2-7(4-8)10(14,15)16/h1-4,6H,5H2. The molecule has 8 heteroatoms. The van der Waals surface area contributed by atoms with Crippen LogP contribution in [-0.4, -0.2) is 19.1 Å². The summed E-state index contributed by atoms with van der Waals surface area (Å²) >= 11 is 0. The molecule has 1 rings (SSSR count). The molecule has 100 valence electrons. The smallest absolute Gasteiger partial charge is 0.306 e. The van der Waals surface area contributed by atoms with Crippen molar-refractivity contribution < 1.29 is 31.1 Å². The molecule has 1 aromatic carbocycles. The molecule has 0 aromatic heterocycles. The highest BCUT2D eigenvalue weighted by Gasteiger charge is 2.33. The van der Waals surface area contributed by atoms with E-state index in [2.05, 4.69) is 0 Å². The minimum absolute atomic E-state index is 0.162. The van der Waals surface area contributed by atoms with Gasteiger partial charge in [-0.25, -0.2) is 0 Å². The van der Waals surface area contributed by atoms with E-state index in [1.54, 1.807) is 0 Å². The molecular weight excluding hydrogens is 264 g/mol. The zero-order valence-corrected chi connectivity index (χ0v) is 8.72. The van der Waals surface area contributed by atoms with Crippen LogP contribution in [0.3, 0.4) is 0 Å². The summed E-state index contributed by atoms with van der Waals surface area (Å²) in [5, 5.41) is 0. The maximum Gasteiger partial charge on any atom is 0.416 e. The van der Waals surface area contributed by atoms with Crippen molar-refractivity contribution in [1.82, 2.24) is 0 Å². The van der Waals surface area contributed by atoms with Crippen molar-refractivity contribution in [2.75, 3.05) is 11.4 Å². The van der Waals surface area contributed by atoms with E-state index < -0.39 is 30.1 Å². The number of benzene rings is 1. The van der Waals surface area contributed by atoms with Crippen molar-refractivity contribution in [2.45, 2.75) is 12.4 Å². The Labute approximate surface area is 97.8 Å². The largest absolute Gasteiger partial charge is 0.416 e. The first-order valence-electron chi connectivity index (χ1n) is 4.59. The molecule has 0 heterocycles. The molecule has 0 N–H and O–H groups in total. The van der Waals surface area contributed by atoms with Crippen LogP contribution in [-0.2, 0) is 11.0 Å². The Balaban J connectivity index is 3.04. The second-order valence-corrected chi connectivity index (χ2v) is 3.40. The summed E-state index contributed by atoms with van der Waals surface area (Å²) in [5.74, 6) is 0. The van der Waals surface area contributed by atoms with Crippen molar-refractivity contribution in [3.8, 4) is 0 Å². The van der Waals surface area contributed by atoms with Crippen LogP contribution in [0, 0.1) is 0 Å². The predicted molar refractivity (Wildman–Crippen MR) is 50.9 cm³/mol. The van der Waals surface area contributed by atoms with E-state index in [0.29, 0.717) is 12.1 Å². The maximum absolute atomic E-state index is 12.3. The third kappa shape index (κ3) is 3.94. The fraction of sp³-hybridized carbons (Fsp3) is 0.300. The van der Waals surface area contributed by atoms with Crippen molar-refractivity contribution >= 4 is 12.1 Å². The predicted octanol–water partition coefficient (Wildman–Crippen LogP) is 3.23. The molecule has 2 nitrogen and oxygen atoms in total. The molecule has 0 saturated heterocycles. The first-order valence-corrected chi connectivity index (χ1v) is 4.59. The van der Waals surface area contributed by atoms with Crippen LogP contribution >= 0.6 is 0 Å². The maximum atomic E-state index is 12.3. The van der Waals surface area contributed by atoms with Gasteiger partial charge in [0.15, 0.2) is 0 Å². The average Bonchev–Trinajstić information content (AvgIpc) is 2.23. The molecule has 1 amide bonds. The van der Waals surface area contributed by atoms with Gasteiger partial charge in [-0.15, -0.1) is 0 Å². The summed E-state index contributed by atoms with van der Waals surface area (Å²) in [4.78, 5) is 10.7. The highest BCUT2D eigenvalue weighted by atomic mass is 19.4. The van der Waals surface area contributed by atoms with Crippen LogP contribution in [0.4, 0.5) is 32.0 Å². The Morgan fingerprint density at radius 1 is 1.11 bits per heavy atom. The number of alkyl halides is 6. The van der Waals surface area contributed by atoms with E-state index in [-0.39, 0.29) is 11.3 Å². The number of hydrogen-bond acceptors (Lipinski definition) is 1. The van der Waals surface area contributed by atoms with E-state index >= 15 is 0 Å². The fourth-order valence-electron chi connectivity index (χ4n) is 1.24. The average molecular weight is 271 g/mol. The Morgan fingerprint density at radius 2 is 1.72 bits per heavy atom. The lowest BCUT2D eigenvalue weighted by atomic mass is 10.2. The first-order chi connectivity index (χ1) is 8.13. The van der Waals surface area contributed by atoms with Crippen LogP contribution in [0.15, 0.2) is 24.3 Å². The summed E-state index contributed by atoms with van der Waals surface area (Å²) in [6.07, 6.45) is -9.53. The van der Waals surface area contributed by atoms with Crippen molar-refractivity contribution in [3.63, 3.8) is 0 Å². The molecule has 0 aliphatic carbocycles. The minimum atomic E-state index is -4.69. The minimum Gasteiger partial charge on any atom is -0.306 e. The summed E-state index contributed by atoms with van der Waals surface area (Å²) in [7, 11) is 0. The van der Waals surface area contributed by atoms with Gasteiger partial charge in [-0.3, -0.25) is 4.79 Å². The molecular formula is C10H7F6NO. The molecule has 1 aromatic rings. The third-order valence-corrected chi connectivity index (χ3v) is 1.98. The Morgan fingerprint density at radius 3 is 2.17 bits per heavy atom. The van der Waals surface area contributed by atoms with E-state index in [1.165, 1.54) is 0 Å². The topological polar surface area (TPSA) is 20.3 Å². The SMILES string of the molecule is O=CN(CC(F)(F)F)c1cccc(C(F)(F)F)c1. The number of carbonyl (C=O) groups is 1. The van der Waals surface area contributed by atoms with Gasteiger partial charge in [-0.1, -0.05) is 6.07 Å². The van der Waals surface area contributed by atoms with Gasteiger partial charge in [-0.2, -0.15) is 26.3 Å². The highest BCUT2D eigenvalue weighted by molar-refractivity contribution is 5.75. The summed E-state index contributed by atoms with van der Waals surface area (Å²) in [6, 6.07) is 3.13. The number of hydrogen-bond donors (Lipinski definition) is 0. The normalized spacial score (nSPS) is 12.3. The molecule has 0 atom stereocenters. The number of rotatable bonds is 3. The van der Waals surface area contributed by atoms with Crippen LogP contribution in [0.25, 0.3) is 0 Å². The molecule has 0 aliphatic rings. The molecule has 0 saturated carbocycles. The number of nitrogens with zero attached hydrogens (tertiary/aromatic N) is 1. The third-order valence-electron chi connectivity index (χ3n) is 1.98. The number of anilines is 1. The number of carbonyl (C=O) groups excluding carboxylic acids is 1. The van der Waals surface area contributed by atoms with E-state index in [9.17, 15) is 31.1 Å². The number of halogens is 6. The first kappa shape index (κ1) is 14.3. The van der Waals surface area contributed by atoms with Crippen LogP contribution < -0.4 is 4.90 Å². The molecule has 0 spiro atoms. The fourth-order valence-corrected chi connectivity index (χ4v) is 1.24. The lowest BCUT2D eigenvalue weighted by molar-refractivity contribution is -0.137. The summed E-state index contributed by atoms with van der Waals surface area (Å²) in [5.41, 5.74) is -1.58. The summed E-state index contributed by atoms with van der Waals surface area (Å²) < 4.78 is 73.3. The van der Waals surface area contributed by atoms with Crippen molar-refractivity contribution in [3.05, 3.63) is 29.8 Å². The Kier molecular flexibility index (Phi) is 3.88. The van der Waals surface area contributed by atoms with E-state index in [0.717, 1.165) is 12.1 Å². The van der Waals surface area contributed by atoms with Gasteiger partial charge < -0.3 is 4.90 Å². The molecule has 0 aliphatic heterocycles. The Hall–Kier alpha value is -1.73. The van der Waals surface area contributed by atoms with Crippen molar-refractivity contribution in [2.24, 2.45) is 0 Å². The lowest BCUT2D eigenvalue weighted by Gasteiger charge is -2.20. The molecule has 0 bridgehead atoms. The van der Waals surface area contributed by atoms with Crippen LogP contribution in [0.5, 0.6) is 0 Å². The zero-order chi connectivity index (χ0) is 14.0. The van der Waals surface area contributed by atoms with Gasteiger partial charge in [0.05, 0.1) is 5.56 Å². The second kappa shape index (κ2) is 4.87. The number of amides is 1.